The molecule has 2 rings (SSSR count). The van der Waals surface area contributed by atoms with Crippen LogP contribution in [0.4, 0.5) is 4.39 Å². The molecule has 19 heavy (non-hydrogen) atoms. The number of halogens is 1. The molecule has 0 amide bonds. The van der Waals surface area contributed by atoms with Gasteiger partial charge in [0.05, 0.1) is 11.2 Å². The molecule has 2 aromatic rings. The van der Waals surface area contributed by atoms with E-state index in [0.29, 0.717) is 11.3 Å². The normalized spacial score (nSPS) is 12.6. The number of furan rings is 1. The number of nitrogens with two attached hydrogens (primary N) is 1. The van der Waals surface area contributed by atoms with Crippen molar-refractivity contribution in [1.82, 2.24) is 0 Å². The minimum absolute atomic E-state index is 0.0917. The van der Waals surface area contributed by atoms with Gasteiger partial charge < -0.3 is 10.2 Å². The summed E-state index contributed by atoms with van der Waals surface area (Å²) in [6, 6.07) is 7.27. The van der Waals surface area contributed by atoms with Gasteiger partial charge in [-0.1, -0.05) is 24.8 Å². The summed E-state index contributed by atoms with van der Waals surface area (Å²) in [6.07, 6.45) is 3.22. The lowest BCUT2D eigenvalue weighted by atomic mass is 10.0. The standard InChI is InChI=1S/C15H18FNOS/c1-3-12(17)8-11-4-5-15(13(16)9-11)19-14-6-7-18-10(14)2/h4-7,9,12H,3,8,17H2,1-2H3. The van der Waals surface area contributed by atoms with Crippen molar-refractivity contribution < 1.29 is 8.81 Å². The van der Waals surface area contributed by atoms with Crippen molar-refractivity contribution in [1.29, 1.82) is 0 Å². The largest absolute Gasteiger partial charge is 0.468 e. The first kappa shape index (κ1) is 14.2. The molecule has 1 unspecified atom stereocenters. The van der Waals surface area contributed by atoms with E-state index in [2.05, 4.69) is 0 Å². The van der Waals surface area contributed by atoms with Crippen LogP contribution in [0.5, 0.6) is 0 Å². The van der Waals surface area contributed by atoms with Gasteiger partial charge in [-0.2, -0.15) is 0 Å². The molecule has 2 N–H and O–H groups in total. The molecule has 0 saturated carbocycles. The molecule has 0 fully saturated rings. The summed E-state index contributed by atoms with van der Waals surface area (Å²) in [5.41, 5.74) is 6.83. The van der Waals surface area contributed by atoms with Crippen molar-refractivity contribution in [2.75, 3.05) is 0 Å². The average molecular weight is 279 g/mol. The number of rotatable bonds is 5. The Morgan fingerprint density at radius 1 is 1.32 bits per heavy atom. The van der Waals surface area contributed by atoms with Crippen molar-refractivity contribution in [2.24, 2.45) is 5.73 Å². The van der Waals surface area contributed by atoms with Gasteiger partial charge in [0.25, 0.3) is 0 Å². The molecule has 0 aliphatic heterocycles. The fraction of sp³-hybridized carbons (Fsp3) is 0.333. The molecule has 0 saturated heterocycles. The lowest BCUT2D eigenvalue weighted by Crippen LogP contribution is -2.21. The summed E-state index contributed by atoms with van der Waals surface area (Å²) in [4.78, 5) is 1.55. The van der Waals surface area contributed by atoms with Crippen molar-refractivity contribution >= 4 is 11.8 Å². The van der Waals surface area contributed by atoms with E-state index >= 15 is 0 Å². The zero-order valence-corrected chi connectivity index (χ0v) is 12.0. The van der Waals surface area contributed by atoms with Crippen LogP contribution in [-0.4, -0.2) is 6.04 Å². The molecule has 0 spiro atoms. The molecule has 1 aromatic carbocycles. The highest BCUT2D eigenvalue weighted by atomic mass is 32.2. The topological polar surface area (TPSA) is 39.2 Å². The summed E-state index contributed by atoms with van der Waals surface area (Å²) >= 11 is 1.38. The predicted octanol–water partition coefficient (Wildman–Crippen LogP) is 4.16. The Bertz CT molecular complexity index is 553. The predicted molar refractivity (Wildman–Crippen MR) is 75.9 cm³/mol. The van der Waals surface area contributed by atoms with E-state index in [4.69, 9.17) is 10.2 Å². The van der Waals surface area contributed by atoms with Crippen LogP contribution in [-0.2, 0) is 6.42 Å². The van der Waals surface area contributed by atoms with Crippen LogP contribution >= 0.6 is 11.8 Å². The molecular weight excluding hydrogens is 261 g/mol. The Hall–Kier alpha value is -1.26. The van der Waals surface area contributed by atoms with Crippen LogP contribution in [0.1, 0.15) is 24.7 Å². The minimum Gasteiger partial charge on any atom is -0.468 e. The first-order chi connectivity index (χ1) is 9.10. The monoisotopic (exact) mass is 279 g/mol. The van der Waals surface area contributed by atoms with Gasteiger partial charge >= 0.3 is 0 Å². The molecular formula is C15H18FNOS. The van der Waals surface area contributed by atoms with Crippen molar-refractivity contribution in [3.8, 4) is 0 Å². The average Bonchev–Trinajstić information content (AvgIpc) is 2.78. The van der Waals surface area contributed by atoms with E-state index in [9.17, 15) is 4.39 Å². The Morgan fingerprint density at radius 2 is 2.11 bits per heavy atom. The fourth-order valence-corrected chi connectivity index (χ4v) is 2.64. The van der Waals surface area contributed by atoms with Gasteiger partial charge in [0, 0.05) is 10.9 Å². The van der Waals surface area contributed by atoms with Gasteiger partial charge in [0.2, 0.25) is 0 Å². The van der Waals surface area contributed by atoms with Crippen molar-refractivity contribution in [2.45, 2.75) is 42.5 Å². The molecule has 0 radical (unpaired) electrons. The number of hydrogen-bond acceptors (Lipinski definition) is 3. The van der Waals surface area contributed by atoms with Crippen LogP contribution < -0.4 is 5.73 Å². The van der Waals surface area contributed by atoms with E-state index < -0.39 is 0 Å². The lowest BCUT2D eigenvalue weighted by Gasteiger charge is -2.10. The molecule has 102 valence electrons. The molecule has 1 atom stereocenters. The highest BCUT2D eigenvalue weighted by molar-refractivity contribution is 7.99. The van der Waals surface area contributed by atoms with Crippen molar-refractivity contribution in [3.63, 3.8) is 0 Å². The SMILES string of the molecule is CCC(N)Cc1ccc(Sc2ccoc2C)c(F)c1. The Balaban J connectivity index is 2.13. The van der Waals surface area contributed by atoms with E-state index in [1.807, 2.05) is 32.0 Å². The van der Waals surface area contributed by atoms with Crippen LogP contribution in [0.2, 0.25) is 0 Å². The third kappa shape index (κ3) is 3.61. The number of aryl methyl sites for hydroxylation is 1. The quantitative estimate of drug-likeness (QED) is 0.893. The maximum Gasteiger partial charge on any atom is 0.137 e. The van der Waals surface area contributed by atoms with Gasteiger partial charge in [-0.05, 0) is 43.5 Å². The molecule has 4 heteroatoms. The second kappa shape index (κ2) is 6.26. The first-order valence-corrected chi connectivity index (χ1v) is 7.17. The summed E-state index contributed by atoms with van der Waals surface area (Å²) < 4.78 is 19.2. The highest BCUT2D eigenvalue weighted by Gasteiger charge is 2.10. The maximum atomic E-state index is 14.0. The zero-order chi connectivity index (χ0) is 13.8. The van der Waals surface area contributed by atoms with Crippen molar-refractivity contribution in [3.05, 3.63) is 47.7 Å². The van der Waals surface area contributed by atoms with Crippen LogP contribution in [0.15, 0.2) is 44.7 Å². The van der Waals surface area contributed by atoms with E-state index in [1.165, 1.54) is 11.8 Å². The Kier molecular flexibility index (Phi) is 4.66. The molecule has 1 heterocycles. The van der Waals surface area contributed by atoms with Crippen LogP contribution in [0, 0.1) is 12.7 Å². The van der Waals surface area contributed by atoms with E-state index in [-0.39, 0.29) is 11.9 Å². The van der Waals surface area contributed by atoms with Gasteiger partial charge in [0.1, 0.15) is 11.6 Å². The third-order valence-electron chi connectivity index (χ3n) is 3.05. The summed E-state index contributed by atoms with van der Waals surface area (Å²) in [7, 11) is 0. The smallest absolute Gasteiger partial charge is 0.137 e. The van der Waals surface area contributed by atoms with Gasteiger partial charge in [-0.25, -0.2) is 4.39 Å². The summed E-state index contributed by atoms with van der Waals surface area (Å²) in [6.45, 7) is 3.90. The third-order valence-corrected chi connectivity index (χ3v) is 4.24. The summed E-state index contributed by atoms with van der Waals surface area (Å²) in [5, 5.41) is 0. The number of benzene rings is 1. The van der Waals surface area contributed by atoms with Gasteiger partial charge in [-0.15, -0.1) is 0 Å². The fourth-order valence-electron chi connectivity index (χ4n) is 1.80. The number of hydrogen-bond donors (Lipinski definition) is 1. The second-order valence-electron chi connectivity index (χ2n) is 4.58. The Labute approximate surface area is 117 Å². The summed E-state index contributed by atoms with van der Waals surface area (Å²) in [5.74, 6) is 0.605. The maximum absolute atomic E-state index is 14.0. The van der Waals surface area contributed by atoms with Gasteiger partial charge in [0.15, 0.2) is 0 Å². The van der Waals surface area contributed by atoms with Crippen LogP contribution in [0.25, 0.3) is 0 Å². The zero-order valence-electron chi connectivity index (χ0n) is 11.2. The lowest BCUT2D eigenvalue weighted by molar-refractivity contribution is 0.526. The molecule has 2 nitrogen and oxygen atoms in total. The first-order valence-electron chi connectivity index (χ1n) is 6.36. The van der Waals surface area contributed by atoms with E-state index in [1.54, 1.807) is 12.3 Å². The molecule has 0 aliphatic carbocycles. The molecule has 0 aliphatic rings. The van der Waals surface area contributed by atoms with Crippen LogP contribution in [0.3, 0.4) is 0 Å². The molecule has 0 bridgehead atoms. The van der Waals surface area contributed by atoms with E-state index in [0.717, 1.165) is 22.6 Å². The molecule has 1 aromatic heterocycles. The highest BCUT2D eigenvalue weighted by Crippen LogP contribution is 2.33. The minimum atomic E-state index is -0.202. The Morgan fingerprint density at radius 3 is 2.68 bits per heavy atom. The van der Waals surface area contributed by atoms with Gasteiger partial charge in [-0.3, -0.25) is 0 Å². The second-order valence-corrected chi connectivity index (χ2v) is 5.66.